The van der Waals surface area contributed by atoms with Gasteiger partial charge in [-0.25, -0.2) is 0 Å². The van der Waals surface area contributed by atoms with E-state index in [-0.39, 0.29) is 0 Å². The summed E-state index contributed by atoms with van der Waals surface area (Å²) < 4.78 is 9.05. The van der Waals surface area contributed by atoms with Gasteiger partial charge in [-0.05, 0) is 88.8 Å². The fourth-order valence-corrected chi connectivity index (χ4v) is 8.47. The molecule has 3 nitrogen and oxygen atoms in total. The lowest BCUT2D eigenvalue weighted by Gasteiger charge is -2.28. The van der Waals surface area contributed by atoms with Crippen LogP contribution in [0.15, 0.2) is 211 Å². The number of fused-ring (bicyclic) bond motifs is 8. The molecule has 258 valence electrons. The van der Waals surface area contributed by atoms with Crippen LogP contribution < -0.4 is 4.90 Å². The lowest BCUT2D eigenvalue weighted by Crippen LogP contribution is -2.11. The van der Waals surface area contributed by atoms with Gasteiger partial charge in [-0.1, -0.05) is 140 Å². The van der Waals surface area contributed by atoms with Crippen molar-refractivity contribution in [1.82, 2.24) is 4.57 Å². The Hall–Kier alpha value is -7.36. The second kappa shape index (κ2) is 12.6. The predicted octanol–water partition coefficient (Wildman–Crippen LogP) is 14.6. The maximum absolute atomic E-state index is 6.69. The third-order valence-electron chi connectivity index (χ3n) is 11.0. The lowest BCUT2D eigenvalue weighted by atomic mass is 9.99. The third-order valence-corrected chi connectivity index (χ3v) is 11.0. The van der Waals surface area contributed by atoms with Crippen LogP contribution in [-0.4, -0.2) is 4.57 Å². The third kappa shape index (κ3) is 5.05. The number of nitrogens with zero attached hydrogens (tertiary/aromatic N) is 2. The van der Waals surface area contributed by atoms with E-state index in [0.29, 0.717) is 0 Å². The van der Waals surface area contributed by atoms with Gasteiger partial charge in [0.05, 0.1) is 27.8 Å². The monoisotopic (exact) mass is 702 g/mol. The highest BCUT2D eigenvalue weighted by Gasteiger charge is 2.23. The summed E-state index contributed by atoms with van der Waals surface area (Å²) in [5.74, 6) is 0. The van der Waals surface area contributed by atoms with Gasteiger partial charge in [0.1, 0.15) is 11.2 Å². The molecule has 2 aromatic heterocycles. The van der Waals surface area contributed by atoms with Gasteiger partial charge in [0.15, 0.2) is 0 Å². The molecule has 0 radical (unpaired) electrons. The van der Waals surface area contributed by atoms with Gasteiger partial charge in [-0.15, -0.1) is 0 Å². The summed E-state index contributed by atoms with van der Waals surface area (Å²) in [6.45, 7) is 0. The van der Waals surface area contributed by atoms with Crippen LogP contribution in [-0.2, 0) is 0 Å². The molecule has 0 aliphatic rings. The molecular formula is C52H34N2O. The Labute approximate surface area is 318 Å². The summed E-state index contributed by atoms with van der Waals surface area (Å²) in [4.78, 5) is 2.40. The van der Waals surface area contributed by atoms with Crippen molar-refractivity contribution in [2.45, 2.75) is 0 Å². The SMILES string of the molecule is c1ccc(-c2ccccc2N(c2ccc(-c3ccc4c(c3)c3ccccc3n4-c3ccccc3)cc2)c2cccc3oc4c5ccccc5ccc4c23)cc1. The van der Waals surface area contributed by atoms with E-state index in [2.05, 4.69) is 216 Å². The summed E-state index contributed by atoms with van der Waals surface area (Å²) in [7, 11) is 0. The van der Waals surface area contributed by atoms with Crippen LogP contribution >= 0.6 is 0 Å². The van der Waals surface area contributed by atoms with Crippen LogP contribution in [0.4, 0.5) is 17.1 Å². The van der Waals surface area contributed by atoms with Crippen molar-refractivity contribution < 1.29 is 4.42 Å². The number of furan rings is 1. The van der Waals surface area contributed by atoms with Gasteiger partial charge >= 0.3 is 0 Å². The van der Waals surface area contributed by atoms with Crippen LogP contribution in [0.2, 0.25) is 0 Å². The first kappa shape index (κ1) is 31.2. The van der Waals surface area contributed by atoms with Gasteiger partial charge in [-0.3, -0.25) is 0 Å². The molecule has 0 bridgehead atoms. The summed E-state index contributed by atoms with van der Waals surface area (Å²) >= 11 is 0. The van der Waals surface area contributed by atoms with E-state index in [9.17, 15) is 0 Å². The lowest BCUT2D eigenvalue weighted by molar-refractivity contribution is 0.672. The molecule has 0 saturated heterocycles. The predicted molar refractivity (Wildman–Crippen MR) is 231 cm³/mol. The van der Waals surface area contributed by atoms with Crippen molar-refractivity contribution in [2.24, 2.45) is 0 Å². The fourth-order valence-electron chi connectivity index (χ4n) is 8.47. The highest BCUT2D eigenvalue weighted by Crippen LogP contribution is 2.47. The molecule has 0 N–H and O–H groups in total. The van der Waals surface area contributed by atoms with Gasteiger partial charge in [0.2, 0.25) is 0 Å². The van der Waals surface area contributed by atoms with Gasteiger partial charge in [0, 0.05) is 38.5 Å². The van der Waals surface area contributed by atoms with Crippen molar-refractivity contribution in [1.29, 1.82) is 0 Å². The highest BCUT2D eigenvalue weighted by molar-refractivity contribution is 6.20. The van der Waals surface area contributed by atoms with Gasteiger partial charge in [0.25, 0.3) is 0 Å². The number of hydrogen-bond acceptors (Lipinski definition) is 2. The van der Waals surface area contributed by atoms with Crippen LogP contribution in [0.25, 0.3) is 82.5 Å². The first-order valence-electron chi connectivity index (χ1n) is 18.8. The quantitative estimate of drug-likeness (QED) is 0.172. The average Bonchev–Trinajstić information content (AvgIpc) is 3.81. The normalized spacial score (nSPS) is 11.6. The summed E-state index contributed by atoms with van der Waals surface area (Å²) in [5, 5.41) is 6.97. The van der Waals surface area contributed by atoms with Crippen LogP contribution in [0.5, 0.6) is 0 Å². The number of aromatic nitrogens is 1. The van der Waals surface area contributed by atoms with Crippen molar-refractivity contribution >= 4 is 71.6 Å². The second-order valence-electron chi connectivity index (χ2n) is 14.1. The Kier molecular flexibility index (Phi) is 7.17. The molecule has 0 fully saturated rings. The molecule has 0 spiro atoms. The number of para-hydroxylation sites is 3. The Balaban J connectivity index is 1.09. The smallest absolute Gasteiger partial charge is 0.143 e. The molecule has 2 heterocycles. The topological polar surface area (TPSA) is 21.3 Å². The molecule has 11 aromatic rings. The molecule has 11 rings (SSSR count). The minimum absolute atomic E-state index is 0.866. The first-order valence-corrected chi connectivity index (χ1v) is 18.8. The molecule has 0 atom stereocenters. The molecule has 0 aliphatic carbocycles. The fraction of sp³-hybridized carbons (Fsp3) is 0. The number of hydrogen-bond donors (Lipinski definition) is 0. The molecule has 3 heteroatoms. The van der Waals surface area contributed by atoms with Gasteiger partial charge < -0.3 is 13.9 Å². The van der Waals surface area contributed by atoms with E-state index in [1.54, 1.807) is 0 Å². The average molecular weight is 703 g/mol. The van der Waals surface area contributed by atoms with E-state index >= 15 is 0 Å². The number of rotatable bonds is 6. The zero-order valence-corrected chi connectivity index (χ0v) is 29.9. The minimum atomic E-state index is 0.866. The summed E-state index contributed by atoms with van der Waals surface area (Å²) in [5.41, 5.74) is 13.2. The molecule has 0 unspecified atom stereocenters. The van der Waals surface area contributed by atoms with Gasteiger partial charge in [-0.2, -0.15) is 0 Å². The molecule has 0 amide bonds. The number of anilines is 3. The Morgan fingerprint density at radius 3 is 1.93 bits per heavy atom. The largest absolute Gasteiger partial charge is 0.455 e. The Morgan fingerprint density at radius 2 is 1.07 bits per heavy atom. The van der Waals surface area contributed by atoms with Crippen LogP contribution in [0, 0.1) is 0 Å². The summed E-state index contributed by atoms with van der Waals surface area (Å²) in [6.07, 6.45) is 0. The zero-order valence-electron chi connectivity index (χ0n) is 29.9. The maximum atomic E-state index is 6.69. The van der Waals surface area contributed by atoms with E-state index in [4.69, 9.17) is 4.42 Å². The Morgan fingerprint density at radius 1 is 0.400 bits per heavy atom. The van der Waals surface area contributed by atoms with Crippen molar-refractivity contribution in [3.8, 4) is 27.9 Å². The standard InChI is InChI=1S/C52H34N2O/c1-3-14-36(15-4-1)41-19-9-11-22-46(41)54(49-24-13-25-50-51(49)44-32-28-37-16-7-8-20-42(37)52(44)55-50)40-30-26-35(27-31-40)38-29-33-48-45(34-38)43-21-10-12-23-47(43)53(48)39-17-5-2-6-18-39/h1-34H. The minimum Gasteiger partial charge on any atom is -0.455 e. The van der Waals surface area contributed by atoms with Crippen LogP contribution in [0.1, 0.15) is 0 Å². The molecule has 0 saturated carbocycles. The first-order chi connectivity index (χ1) is 27.3. The van der Waals surface area contributed by atoms with E-state index in [0.717, 1.165) is 66.8 Å². The molecule has 0 aliphatic heterocycles. The van der Waals surface area contributed by atoms with E-state index in [1.807, 2.05) is 0 Å². The van der Waals surface area contributed by atoms with Crippen molar-refractivity contribution in [2.75, 3.05) is 4.90 Å². The van der Waals surface area contributed by atoms with Crippen molar-refractivity contribution in [3.05, 3.63) is 206 Å². The van der Waals surface area contributed by atoms with E-state index in [1.165, 1.54) is 32.8 Å². The maximum Gasteiger partial charge on any atom is 0.143 e. The molecular weight excluding hydrogens is 669 g/mol. The second-order valence-corrected chi connectivity index (χ2v) is 14.1. The zero-order chi connectivity index (χ0) is 36.3. The van der Waals surface area contributed by atoms with Crippen LogP contribution in [0.3, 0.4) is 0 Å². The van der Waals surface area contributed by atoms with Crippen molar-refractivity contribution in [3.63, 3.8) is 0 Å². The van der Waals surface area contributed by atoms with E-state index < -0.39 is 0 Å². The molecule has 9 aromatic carbocycles. The Bertz CT molecular complexity index is 3190. The number of benzene rings is 9. The molecule has 55 heavy (non-hydrogen) atoms. The highest BCUT2D eigenvalue weighted by atomic mass is 16.3. The summed E-state index contributed by atoms with van der Waals surface area (Å²) in [6, 6.07) is 73.8.